The minimum Gasteiger partial charge on any atom is -0.309 e. The van der Waals surface area contributed by atoms with Crippen LogP contribution in [-0.2, 0) is 0 Å². The zero-order valence-corrected chi connectivity index (χ0v) is 46.3. The Kier molecular flexibility index (Phi) is 12.3. The fraction of sp³-hybridized carbons (Fsp3) is 0. The third-order valence-corrected chi connectivity index (χ3v) is 16.2. The number of benzene rings is 11. The topological polar surface area (TPSA) is 100 Å². The van der Waals surface area contributed by atoms with Gasteiger partial charge in [0.2, 0.25) is 5.95 Å². The van der Waals surface area contributed by atoms with Crippen molar-refractivity contribution in [1.82, 2.24) is 44.0 Å². The number of hydrogen-bond donors (Lipinski definition) is 0. The Labute approximate surface area is 495 Å². The van der Waals surface area contributed by atoms with E-state index >= 15 is 0 Å². The third kappa shape index (κ3) is 9.13. The van der Waals surface area contributed by atoms with Crippen LogP contribution in [0.3, 0.4) is 0 Å². The van der Waals surface area contributed by atoms with E-state index in [1.54, 1.807) is 24.8 Å². The summed E-state index contributed by atoms with van der Waals surface area (Å²) in [5.74, 6) is 2.96. The van der Waals surface area contributed by atoms with Crippen molar-refractivity contribution in [3.8, 4) is 113 Å². The summed E-state index contributed by atoms with van der Waals surface area (Å²) in [6, 6.07) is 96.4. The van der Waals surface area contributed by atoms with E-state index in [1.807, 2.05) is 72.8 Å². The van der Waals surface area contributed by atoms with Gasteiger partial charge in [0.1, 0.15) is 0 Å². The molecule has 0 N–H and O–H groups in total. The lowest BCUT2D eigenvalue weighted by Crippen LogP contribution is -2.06. The fourth-order valence-corrected chi connectivity index (χ4v) is 12.0. The fourth-order valence-electron chi connectivity index (χ4n) is 12.0. The maximum Gasteiger partial charge on any atom is 0.238 e. The first kappa shape index (κ1) is 50.0. The Hall–Kier alpha value is -11.8. The highest BCUT2D eigenvalue weighted by molar-refractivity contribution is 6.14. The van der Waals surface area contributed by atoms with Gasteiger partial charge >= 0.3 is 0 Å². The number of fused-ring (bicyclic) bond motifs is 6. The van der Waals surface area contributed by atoms with Crippen LogP contribution in [0.2, 0.25) is 0 Å². The highest BCUT2D eigenvalue weighted by Crippen LogP contribution is 2.42. The van der Waals surface area contributed by atoms with Crippen molar-refractivity contribution < 1.29 is 0 Å². The van der Waals surface area contributed by atoms with Crippen molar-refractivity contribution in [1.29, 1.82) is 0 Å². The molecule has 402 valence electrons. The van der Waals surface area contributed by atoms with Gasteiger partial charge < -0.3 is 4.57 Å². The minimum atomic E-state index is 0.537. The largest absolute Gasteiger partial charge is 0.309 e. The maximum atomic E-state index is 5.28. The van der Waals surface area contributed by atoms with Crippen LogP contribution < -0.4 is 0 Å². The van der Waals surface area contributed by atoms with E-state index in [4.69, 9.17) is 34.9 Å². The van der Waals surface area contributed by atoms with Gasteiger partial charge in [-0.05, 0) is 134 Å². The van der Waals surface area contributed by atoms with Crippen LogP contribution in [-0.4, -0.2) is 44.0 Å². The molecule has 0 atom stereocenters. The van der Waals surface area contributed by atoms with Crippen molar-refractivity contribution in [2.45, 2.75) is 0 Å². The number of hydrogen-bond acceptors (Lipinski definition) is 7. The lowest BCUT2D eigenvalue weighted by atomic mass is 9.97. The van der Waals surface area contributed by atoms with Crippen LogP contribution in [0.4, 0.5) is 0 Å². The molecule has 16 rings (SSSR count). The summed E-state index contributed by atoms with van der Waals surface area (Å²) < 4.78 is 4.55. The van der Waals surface area contributed by atoms with Crippen LogP contribution in [0.1, 0.15) is 0 Å². The molecule has 0 saturated carbocycles. The summed E-state index contributed by atoms with van der Waals surface area (Å²) in [4.78, 5) is 34.4. The van der Waals surface area contributed by atoms with E-state index < -0.39 is 0 Å². The Morgan fingerprint density at radius 1 is 0.198 bits per heavy atom. The molecule has 0 unspecified atom stereocenters. The molecule has 5 aromatic heterocycles. The smallest absolute Gasteiger partial charge is 0.238 e. The predicted octanol–water partition coefficient (Wildman–Crippen LogP) is 18.6. The lowest BCUT2D eigenvalue weighted by Gasteiger charge is -2.13. The SMILES string of the molecule is c1ccc(-c2ccc(-c3ccc4c(c3)c3cc(-c5ccc6c(c5)c5cc(-c7ccc(-c8ccccc8)cc7)ccc5n6-c5nc(-c6ccccc6)nc(-c6ccccc6)n5)ccc3n4-c3cc(-c4ncccn4)cc(-c4ncccn4)c3)cc2)cc1. The second-order valence-corrected chi connectivity index (χ2v) is 21.4. The molecule has 9 heteroatoms. The summed E-state index contributed by atoms with van der Waals surface area (Å²) in [5, 5.41) is 4.37. The highest BCUT2D eigenvalue weighted by Gasteiger charge is 2.22. The van der Waals surface area contributed by atoms with Crippen LogP contribution >= 0.6 is 0 Å². The Bertz CT molecular complexity index is 4720. The van der Waals surface area contributed by atoms with Crippen molar-refractivity contribution in [2.24, 2.45) is 0 Å². The summed E-state index contributed by atoms with van der Waals surface area (Å²) in [5.41, 5.74) is 19.9. The maximum absolute atomic E-state index is 5.28. The zero-order chi connectivity index (χ0) is 56.9. The standard InChI is InChI=1S/C77H49N9/c1-5-15-50(16-6-1)52-23-27-54(28-24-52)58-31-35-69-65(46-58)66-48-60(33-36-70(66)85(69)64-44-62(73-78-39-13-40-79-73)43-63(45-64)74-80-41-14-42-81-74)61-34-38-72-68(49-61)67-47-59(55-29-25-53(26-30-55)51-17-7-2-8-18-51)32-37-71(67)86(72)77-83-75(56-19-9-3-10-20-56)82-76(84-77)57-21-11-4-12-22-57/h1-49H. The summed E-state index contributed by atoms with van der Waals surface area (Å²) >= 11 is 0. The minimum absolute atomic E-state index is 0.537. The van der Waals surface area contributed by atoms with Crippen LogP contribution in [0.5, 0.6) is 0 Å². The summed E-state index contributed by atoms with van der Waals surface area (Å²) in [6.45, 7) is 0. The Morgan fingerprint density at radius 2 is 0.488 bits per heavy atom. The van der Waals surface area contributed by atoms with E-state index in [9.17, 15) is 0 Å². The number of nitrogens with zero attached hydrogens (tertiary/aromatic N) is 9. The molecule has 0 aliphatic heterocycles. The monoisotopic (exact) mass is 1100 g/mol. The van der Waals surface area contributed by atoms with E-state index in [2.05, 4.69) is 209 Å². The van der Waals surface area contributed by atoms with E-state index in [0.29, 0.717) is 29.2 Å². The second kappa shape index (κ2) is 21.2. The van der Waals surface area contributed by atoms with Crippen molar-refractivity contribution in [3.63, 3.8) is 0 Å². The van der Waals surface area contributed by atoms with Crippen molar-refractivity contribution in [2.75, 3.05) is 0 Å². The Balaban J connectivity index is 0.898. The summed E-state index contributed by atoms with van der Waals surface area (Å²) in [6.07, 6.45) is 7.11. The molecule has 0 radical (unpaired) electrons. The van der Waals surface area contributed by atoms with E-state index in [-0.39, 0.29) is 0 Å². The molecule has 5 heterocycles. The van der Waals surface area contributed by atoms with Gasteiger partial charge in [-0.2, -0.15) is 9.97 Å². The number of rotatable bonds is 11. The molecule has 0 amide bonds. The summed E-state index contributed by atoms with van der Waals surface area (Å²) in [7, 11) is 0. The normalized spacial score (nSPS) is 11.5. The molecule has 86 heavy (non-hydrogen) atoms. The second-order valence-electron chi connectivity index (χ2n) is 21.4. The first-order chi connectivity index (χ1) is 42.6. The average molecular weight is 1100 g/mol. The van der Waals surface area contributed by atoms with Crippen molar-refractivity contribution >= 4 is 43.6 Å². The van der Waals surface area contributed by atoms with Crippen LogP contribution in [0, 0.1) is 0 Å². The van der Waals surface area contributed by atoms with Gasteiger partial charge in [0.15, 0.2) is 23.3 Å². The lowest BCUT2D eigenvalue weighted by molar-refractivity contribution is 0.953. The van der Waals surface area contributed by atoms with Gasteiger partial charge in [0.25, 0.3) is 0 Å². The van der Waals surface area contributed by atoms with E-state index in [0.717, 1.165) is 105 Å². The first-order valence-electron chi connectivity index (χ1n) is 28.7. The van der Waals surface area contributed by atoms with E-state index in [1.165, 1.54) is 22.3 Å². The molecule has 16 aromatic rings. The zero-order valence-electron chi connectivity index (χ0n) is 46.3. The first-order valence-corrected chi connectivity index (χ1v) is 28.7. The quantitative estimate of drug-likeness (QED) is 0.127. The number of aromatic nitrogens is 9. The highest BCUT2D eigenvalue weighted by atomic mass is 15.2. The predicted molar refractivity (Wildman–Crippen MR) is 349 cm³/mol. The van der Waals surface area contributed by atoms with Gasteiger partial charge in [-0.1, -0.05) is 194 Å². The van der Waals surface area contributed by atoms with Crippen molar-refractivity contribution in [3.05, 3.63) is 298 Å². The Morgan fingerprint density at radius 3 is 0.849 bits per heavy atom. The van der Waals surface area contributed by atoms with Gasteiger partial charge in [-0.15, -0.1) is 0 Å². The molecule has 11 aromatic carbocycles. The molecule has 0 saturated heterocycles. The molecule has 0 fully saturated rings. The molecule has 0 bridgehead atoms. The molecule has 9 nitrogen and oxygen atoms in total. The van der Waals surface area contributed by atoms with Gasteiger partial charge in [0, 0.05) is 74.3 Å². The van der Waals surface area contributed by atoms with Crippen LogP contribution in [0.15, 0.2) is 298 Å². The third-order valence-electron chi connectivity index (χ3n) is 16.2. The van der Waals surface area contributed by atoms with Gasteiger partial charge in [-0.3, -0.25) is 4.57 Å². The molecular formula is C77H49N9. The molecule has 0 spiro atoms. The molecule has 0 aliphatic carbocycles. The van der Waals surface area contributed by atoms with Gasteiger partial charge in [-0.25, -0.2) is 24.9 Å². The molecular weight excluding hydrogens is 1050 g/mol. The average Bonchev–Trinajstić information content (AvgIpc) is 2.15. The van der Waals surface area contributed by atoms with Crippen LogP contribution in [0.25, 0.3) is 156 Å². The molecule has 0 aliphatic rings. The van der Waals surface area contributed by atoms with Gasteiger partial charge in [0.05, 0.1) is 22.1 Å².